The summed E-state index contributed by atoms with van der Waals surface area (Å²) < 4.78 is 5.64. The van der Waals surface area contributed by atoms with Gasteiger partial charge in [0.15, 0.2) is 4.32 Å². The van der Waals surface area contributed by atoms with Gasteiger partial charge in [0.05, 0.1) is 17.7 Å². The van der Waals surface area contributed by atoms with Gasteiger partial charge in [-0.2, -0.15) is 0 Å². The third-order valence-electron chi connectivity index (χ3n) is 3.11. The molecule has 0 bridgehead atoms. The molecule has 1 amide bonds. The fourth-order valence-corrected chi connectivity index (χ4v) is 3.33. The smallest absolute Gasteiger partial charge is 0.270 e. The highest BCUT2D eigenvalue weighted by Gasteiger charge is 2.33. The van der Waals surface area contributed by atoms with Gasteiger partial charge >= 0.3 is 0 Å². The van der Waals surface area contributed by atoms with E-state index in [-0.39, 0.29) is 5.91 Å². The molecular formula is C16H12N2O2S2. The van der Waals surface area contributed by atoms with Crippen LogP contribution in [0, 0.1) is 0 Å². The summed E-state index contributed by atoms with van der Waals surface area (Å²) in [7, 11) is 1.60. The van der Waals surface area contributed by atoms with Crippen molar-refractivity contribution < 1.29 is 9.53 Å². The maximum Gasteiger partial charge on any atom is 0.270 e. The number of rotatable bonds is 3. The Morgan fingerprint density at radius 1 is 1.27 bits per heavy atom. The predicted molar refractivity (Wildman–Crippen MR) is 92.9 cm³/mol. The van der Waals surface area contributed by atoms with Crippen LogP contribution in [0.25, 0.3) is 6.08 Å². The van der Waals surface area contributed by atoms with Gasteiger partial charge in [-0.3, -0.25) is 14.7 Å². The van der Waals surface area contributed by atoms with E-state index in [1.54, 1.807) is 37.7 Å². The van der Waals surface area contributed by atoms with Gasteiger partial charge in [-0.25, -0.2) is 0 Å². The lowest BCUT2D eigenvalue weighted by Crippen LogP contribution is -2.27. The molecule has 4 nitrogen and oxygen atoms in total. The first kappa shape index (κ1) is 14.7. The van der Waals surface area contributed by atoms with Crippen molar-refractivity contribution in [3.63, 3.8) is 0 Å². The second-order valence-electron chi connectivity index (χ2n) is 4.50. The van der Waals surface area contributed by atoms with Crippen LogP contribution < -0.4 is 9.64 Å². The van der Waals surface area contributed by atoms with Gasteiger partial charge in [-0.05, 0) is 42.0 Å². The molecule has 22 heavy (non-hydrogen) atoms. The fraction of sp³-hybridized carbons (Fsp3) is 0.0625. The number of anilines is 1. The molecule has 3 rings (SSSR count). The van der Waals surface area contributed by atoms with Crippen LogP contribution in [0.3, 0.4) is 0 Å². The zero-order valence-corrected chi connectivity index (χ0v) is 13.4. The Morgan fingerprint density at radius 3 is 2.68 bits per heavy atom. The SMILES string of the molecule is COc1ccc(N2C(=O)C(=Cc3cccnc3)SC2=S)cc1. The normalized spacial score (nSPS) is 16.4. The number of amides is 1. The molecule has 1 aliphatic heterocycles. The molecule has 0 radical (unpaired) electrons. The number of hydrogen-bond donors (Lipinski definition) is 0. The highest BCUT2D eigenvalue weighted by atomic mass is 32.2. The predicted octanol–water partition coefficient (Wildman–Crippen LogP) is 3.50. The zero-order chi connectivity index (χ0) is 15.5. The number of aromatic nitrogens is 1. The number of carbonyl (C=O) groups is 1. The molecule has 1 saturated heterocycles. The van der Waals surface area contributed by atoms with E-state index in [1.165, 1.54) is 16.7 Å². The minimum atomic E-state index is -0.121. The van der Waals surface area contributed by atoms with Gasteiger partial charge in [0.25, 0.3) is 5.91 Å². The van der Waals surface area contributed by atoms with E-state index < -0.39 is 0 Å². The number of carbonyl (C=O) groups excluding carboxylic acids is 1. The van der Waals surface area contributed by atoms with E-state index in [1.807, 2.05) is 24.3 Å². The Kier molecular flexibility index (Phi) is 4.22. The van der Waals surface area contributed by atoms with Crippen molar-refractivity contribution in [2.75, 3.05) is 12.0 Å². The van der Waals surface area contributed by atoms with Gasteiger partial charge in [0.2, 0.25) is 0 Å². The van der Waals surface area contributed by atoms with Crippen LogP contribution in [-0.2, 0) is 4.79 Å². The highest BCUT2D eigenvalue weighted by Crippen LogP contribution is 2.36. The van der Waals surface area contributed by atoms with E-state index in [0.29, 0.717) is 9.23 Å². The second kappa shape index (κ2) is 6.29. The molecule has 0 spiro atoms. The van der Waals surface area contributed by atoms with Crippen LogP contribution in [-0.4, -0.2) is 22.3 Å². The first-order valence-corrected chi connectivity index (χ1v) is 7.73. The topological polar surface area (TPSA) is 42.4 Å². The quantitative estimate of drug-likeness (QED) is 0.637. The first-order valence-electron chi connectivity index (χ1n) is 6.51. The lowest BCUT2D eigenvalue weighted by atomic mass is 10.2. The van der Waals surface area contributed by atoms with Gasteiger partial charge in [-0.15, -0.1) is 0 Å². The van der Waals surface area contributed by atoms with Crippen molar-refractivity contribution >= 4 is 46.0 Å². The average Bonchev–Trinajstić information content (AvgIpc) is 2.82. The summed E-state index contributed by atoms with van der Waals surface area (Å²) in [5.41, 5.74) is 1.61. The van der Waals surface area contributed by atoms with Crippen molar-refractivity contribution in [3.8, 4) is 5.75 Å². The van der Waals surface area contributed by atoms with Crippen LogP contribution >= 0.6 is 24.0 Å². The zero-order valence-electron chi connectivity index (χ0n) is 11.7. The minimum absolute atomic E-state index is 0.121. The molecule has 0 aliphatic carbocycles. The third kappa shape index (κ3) is 2.88. The van der Waals surface area contributed by atoms with E-state index >= 15 is 0 Å². The van der Waals surface area contributed by atoms with Gasteiger partial charge in [-0.1, -0.05) is 30.0 Å². The average molecular weight is 328 g/mol. The second-order valence-corrected chi connectivity index (χ2v) is 6.18. The number of methoxy groups -OCH3 is 1. The van der Waals surface area contributed by atoms with Gasteiger partial charge in [0.1, 0.15) is 5.75 Å². The van der Waals surface area contributed by atoms with Crippen molar-refractivity contribution in [2.24, 2.45) is 0 Å². The van der Waals surface area contributed by atoms with E-state index in [0.717, 1.165) is 17.0 Å². The molecule has 0 N–H and O–H groups in total. The van der Waals surface area contributed by atoms with Crippen LogP contribution in [0.2, 0.25) is 0 Å². The Morgan fingerprint density at radius 2 is 2.05 bits per heavy atom. The van der Waals surface area contributed by atoms with Crippen LogP contribution in [0.1, 0.15) is 5.56 Å². The highest BCUT2D eigenvalue weighted by molar-refractivity contribution is 8.27. The largest absolute Gasteiger partial charge is 0.497 e. The summed E-state index contributed by atoms with van der Waals surface area (Å²) in [5, 5.41) is 0. The van der Waals surface area contributed by atoms with E-state index in [4.69, 9.17) is 17.0 Å². The number of thiocarbonyl (C=S) groups is 1. The minimum Gasteiger partial charge on any atom is -0.497 e. The standard InChI is InChI=1S/C16H12N2O2S2/c1-20-13-6-4-12(5-7-13)18-15(19)14(22-16(18)21)9-11-3-2-8-17-10-11/h2-10H,1H3. The molecular weight excluding hydrogens is 316 g/mol. The van der Waals surface area contributed by atoms with Crippen molar-refractivity contribution in [1.82, 2.24) is 4.98 Å². The van der Waals surface area contributed by atoms with Crippen molar-refractivity contribution in [3.05, 3.63) is 59.3 Å². The van der Waals surface area contributed by atoms with Crippen molar-refractivity contribution in [1.29, 1.82) is 0 Å². The fourth-order valence-electron chi connectivity index (χ4n) is 2.03. The monoisotopic (exact) mass is 328 g/mol. The molecule has 0 unspecified atom stereocenters. The number of nitrogens with zero attached hydrogens (tertiary/aromatic N) is 2. The van der Waals surface area contributed by atoms with Gasteiger partial charge in [0, 0.05) is 12.4 Å². The molecule has 1 aliphatic rings. The summed E-state index contributed by atoms with van der Waals surface area (Å²) in [4.78, 5) is 18.7. The van der Waals surface area contributed by atoms with Gasteiger partial charge < -0.3 is 4.74 Å². The molecule has 0 atom stereocenters. The molecule has 1 aromatic heterocycles. The first-order chi connectivity index (χ1) is 10.7. The molecule has 1 fully saturated rings. The summed E-state index contributed by atoms with van der Waals surface area (Å²) in [6.07, 6.45) is 5.20. The molecule has 0 saturated carbocycles. The number of ether oxygens (including phenoxy) is 1. The summed E-state index contributed by atoms with van der Waals surface area (Å²) in [6, 6.07) is 11.0. The maximum atomic E-state index is 12.6. The number of hydrogen-bond acceptors (Lipinski definition) is 5. The van der Waals surface area contributed by atoms with Crippen LogP contribution in [0.4, 0.5) is 5.69 Å². The summed E-state index contributed by atoms with van der Waals surface area (Å²) in [5.74, 6) is 0.615. The number of benzene rings is 1. The maximum absolute atomic E-state index is 12.6. The molecule has 1 aromatic carbocycles. The van der Waals surface area contributed by atoms with E-state index in [9.17, 15) is 4.79 Å². The lowest BCUT2D eigenvalue weighted by Gasteiger charge is -2.14. The molecule has 2 heterocycles. The number of pyridine rings is 1. The molecule has 6 heteroatoms. The summed E-state index contributed by atoms with van der Waals surface area (Å²) in [6.45, 7) is 0. The molecule has 2 aromatic rings. The Hall–Kier alpha value is -2.18. The molecule has 110 valence electrons. The summed E-state index contributed by atoms with van der Waals surface area (Å²) >= 11 is 6.63. The van der Waals surface area contributed by atoms with Crippen LogP contribution in [0.15, 0.2) is 53.7 Å². The van der Waals surface area contributed by atoms with Crippen molar-refractivity contribution in [2.45, 2.75) is 0 Å². The Bertz CT molecular complexity index is 743. The van der Waals surface area contributed by atoms with E-state index in [2.05, 4.69) is 4.98 Å². The number of thioether (sulfide) groups is 1. The van der Waals surface area contributed by atoms with Crippen LogP contribution in [0.5, 0.6) is 5.75 Å². The Labute approximate surface area is 137 Å². The lowest BCUT2D eigenvalue weighted by molar-refractivity contribution is -0.113. The Balaban J connectivity index is 1.89. The third-order valence-corrected chi connectivity index (χ3v) is 4.41.